The summed E-state index contributed by atoms with van der Waals surface area (Å²) in [4.78, 5) is 20.4. The monoisotopic (exact) mass is 196 g/mol. The van der Waals surface area contributed by atoms with Gasteiger partial charge in [-0.2, -0.15) is 0 Å². The molecule has 0 bridgehead atoms. The van der Waals surface area contributed by atoms with Crippen molar-refractivity contribution in [3.05, 3.63) is 33.4 Å². The highest BCUT2D eigenvalue weighted by Crippen LogP contribution is 2.25. The van der Waals surface area contributed by atoms with E-state index in [2.05, 4.69) is 0 Å². The minimum atomic E-state index is -1.20. The maximum atomic E-state index is 10.6. The molecule has 6 heteroatoms. The summed E-state index contributed by atoms with van der Waals surface area (Å²) >= 11 is 0. The molecule has 0 spiro atoms. The Bertz CT molecular complexity index is 379. The van der Waals surface area contributed by atoms with Crippen molar-refractivity contribution in [2.24, 2.45) is 0 Å². The Balaban J connectivity index is 3.42. The van der Waals surface area contributed by atoms with E-state index in [0.717, 1.165) is 6.07 Å². The van der Waals surface area contributed by atoms with E-state index in [1.807, 2.05) is 0 Å². The lowest BCUT2D eigenvalue weighted by Crippen LogP contribution is -2.04. The fourth-order valence-electron chi connectivity index (χ4n) is 1.11. The maximum Gasteiger partial charge on any atom is 0.336 e. The lowest BCUT2D eigenvalue weighted by atomic mass is 10.1. The Morgan fingerprint density at radius 1 is 1.57 bits per heavy atom. The van der Waals surface area contributed by atoms with Crippen LogP contribution in [0.1, 0.15) is 15.9 Å². The zero-order valence-corrected chi connectivity index (χ0v) is 7.35. The summed E-state index contributed by atoms with van der Waals surface area (Å²) in [5.74, 6) is -1.20. The van der Waals surface area contributed by atoms with E-state index in [-0.39, 0.29) is 16.9 Å². The van der Waals surface area contributed by atoms with Gasteiger partial charge in [0.2, 0.25) is 0 Å². The zero-order valence-electron chi connectivity index (χ0n) is 7.35. The van der Waals surface area contributed by atoms with Crippen LogP contribution in [0, 0.1) is 17.0 Å². The van der Waals surface area contributed by atoms with E-state index in [1.54, 1.807) is 0 Å². The van der Waals surface area contributed by atoms with Gasteiger partial charge in [-0.3, -0.25) is 10.1 Å². The highest BCUT2D eigenvalue weighted by molar-refractivity contribution is 5.91. The first-order valence-corrected chi connectivity index (χ1v) is 3.71. The quantitative estimate of drug-likeness (QED) is 0.419. The molecule has 6 nitrogen and oxygen atoms in total. The van der Waals surface area contributed by atoms with E-state index >= 15 is 0 Å². The van der Waals surface area contributed by atoms with E-state index in [4.69, 9.17) is 10.8 Å². The zero-order chi connectivity index (χ0) is 10.9. The van der Waals surface area contributed by atoms with E-state index < -0.39 is 10.9 Å². The summed E-state index contributed by atoms with van der Waals surface area (Å²) in [6.45, 7) is 1.53. The average molecular weight is 196 g/mol. The number of benzene rings is 1. The van der Waals surface area contributed by atoms with Crippen LogP contribution < -0.4 is 5.73 Å². The van der Waals surface area contributed by atoms with Gasteiger partial charge in [-0.1, -0.05) is 0 Å². The Labute approximate surface area is 79.1 Å². The van der Waals surface area contributed by atoms with Crippen LogP contribution in [0.4, 0.5) is 11.4 Å². The first-order valence-electron chi connectivity index (χ1n) is 3.71. The minimum Gasteiger partial charge on any atom is -0.478 e. The molecule has 1 aromatic carbocycles. The number of nitrogens with zero attached hydrogens (tertiary/aromatic N) is 1. The second-order valence-electron chi connectivity index (χ2n) is 2.79. The van der Waals surface area contributed by atoms with E-state index in [0.29, 0.717) is 5.56 Å². The number of anilines is 1. The molecule has 0 saturated heterocycles. The molecule has 74 valence electrons. The normalized spacial score (nSPS) is 9.79. The third-order valence-electron chi connectivity index (χ3n) is 1.80. The molecule has 0 aromatic heterocycles. The van der Waals surface area contributed by atoms with Crippen LogP contribution in [-0.2, 0) is 0 Å². The molecule has 0 aliphatic carbocycles. The SMILES string of the molecule is Cc1cc(N)c([N+](=O)[O-])cc1C(=O)O. The standard InChI is InChI=1S/C8H8N2O4/c1-4-2-6(9)7(10(13)14)3-5(4)8(11)12/h2-3H,9H2,1H3,(H,11,12). The van der Waals surface area contributed by atoms with Gasteiger partial charge in [-0.15, -0.1) is 0 Å². The summed E-state index contributed by atoms with van der Waals surface area (Å²) in [5.41, 5.74) is 5.24. The van der Waals surface area contributed by atoms with Crippen molar-refractivity contribution in [2.75, 3.05) is 5.73 Å². The second kappa shape index (κ2) is 3.33. The van der Waals surface area contributed by atoms with Crippen molar-refractivity contribution in [1.29, 1.82) is 0 Å². The number of rotatable bonds is 2. The molecule has 0 fully saturated rings. The molecule has 0 heterocycles. The number of aryl methyl sites for hydroxylation is 1. The van der Waals surface area contributed by atoms with Crippen molar-refractivity contribution < 1.29 is 14.8 Å². The molecule has 1 aromatic rings. The predicted octanol–water partition coefficient (Wildman–Crippen LogP) is 1.18. The molecule has 0 radical (unpaired) electrons. The number of nitro benzene ring substituents is 1. The molecule has 14 heavy (non-hydrogen) atoms. The molecular formula is C8H8N2O4. The molecule has 0 unspecified atom stereocenters. The number of nitrogens with two attached hydrogens (primary N) is 1. The van der Waals surface area contributed by atoms with Gasteiger partial charge >= 0.3 is 5.97 Å². The fourth-order valence-corrected chi connectivity index (χ4v) is 1.11. The van der Waals surface area contributed by atoms with Crippen molar-refractivity contribution >= 4 is 17.3 Å². The third kappa shape index (κ3) is 1.63. The van der Waals surface area contributed by atoms with Gasteiger partial charge in [-0.05, 0) is 18.6 Å². The van der Waals surface area contributed by atoms with Crippen LogP contribution in [0.5, 0.6) is 0 Å². The molecule has 0 aliphatic rings. The van der Waals surface area contributed by atoms with Crippen LogP contribution in [0.2, 0.25) is 0 Å². The third-order valence-corrected chi connectivity index (χ3v) is 1.80. The predicted molar refractivity (Wildman–Crippen MR) is 49.2 cm³/mol. The van der Waals surface area contributed by atoms with Crippen molar-refractivity contribution in [1.82, 2.24) is 0 Å². The Morgan fingerprint density at radius 2 is 2.14 bits per heavy atom. The molecule has 0 amide bonds. The summed E-state index contributed by atoms with van der Waals surface area (Å²) in [6, 6.07) is 2.24. The van der Waals surface area contributed by atoms with Crippen LogP contribution in [0.25, 0.3) is 0 Å². The van der Waals surface area contributed by atoms with Gasteiger partial charge in [-0.25, -0.2) is 4.79 Å². The Hall–Kier alpha value is -2.11. The van der Waals surface area contributed by atoms with Gasteiger partial charge in [0, 0.05) is 6.07 Å². The van der Waals surface area contributed by atoms with E-state index in [9.17, 15) is 14.9 Å². The van der Waals surface area contributed by atoms with Crippen LogP contribution in [0.3, 0.4) is 0 Å². The number of hydrogen-bond acceptors (Lipinski definition) is 4. The number of hydrogen-bond donors (Lipinski definition) is 2. The number of nitrogen functional groups attached to an aromatic ring is 1. The first kappa shape index (κ1) is 9.97. The molecule has 0 atom stereocenters. The van der Waals surface area contributed by atoms with Gasteiger partial charge in [0.1, 0.15) is 5.69 Å². The number of carbonyl (C=O) groups is 1. The summed E-state index contributed by atoms with van der Waals surface area (Å²) in [5, 5.41) is 19.1. The average Bonchev–Trinajstić information content (AvgIpc) is 2.02. The van der Waals surface area contributed by atoms with Crippen molar-refractivity contribution in [3.63, 3.8) is 0 Å². The fraction of sp³-hybridized carbons (Fsp3) is 0.125. The van der Waals surface area contributed by atoms with Crippen LogP contribution in [0.15, 0.2) is 12.1 Å². The number of carboxylic acids is 1. The molecule has 1 rings (SSSR count). The summed E-state index contributed by atoms with van der Waals surface area (Å²) in [7, 11) is 0. The largest absolute Gasteiger partial charge is 0.478 e. The molecule has 3 N–H and O–H groups in total. The smallest absolute Gasteiger partial charge is 0.336 e. The molecular weight excluding hydrogens is 188 g/mol. The Morgan fingerprint density at radius 3 is 2.57 bits per heavy atom. The van der Waals surface area contributed by atoms with Gasteiger partial charge < -0.3 is 10.8 Å². The number of nitro groups is 1. The first-order chi connectivity index (χ1) is 6.43. The highest BCUT2D eigenvalue weighted by atomic mass is 16.6. The highest BCUT2D eigenvalue weighted by Gasteiger charge is 2.17. The van der Waals surface area contributed by atoms with Crippen LogP contribution >= 0.6 is 0 Å². The van der Waals surface area contributed by atoms with Gasteiger partial charge in [0.25, 0.3) is 5.69 Å². The maximum absolute atomic E-state index is 10.6. The van der Waals surface area contributed by atoms with E-state index in [1.165, 1.54) is 13.0 Å². The Kier molecular flexibility index (Phi) is 2.37. The molecule has 0 aliphatic heterocycles. The lowest BCUT2D eigenvalue weighted by molar-refractivity contribution is -0.383. The van der Waals surface area contributed by atoms with Crippen molar-refractivity contribution in [2.45, 2.75) is 6.92 Å². The van der Waals surface area contributed by atoms with Gasteiger partial charge in [0.15, 0.2) is 0 Å². The van der Waals surface area contributed by atoms with Crippen LogP contribution in [-0.4, -0.2) is 16.0 Å². The molecule has 0 saturated carbocycles. The number of carboxylic acid groups (broad SMARTS) is 1. The topological polar surface area (TPSA) is 106 Å². The van der Waals surface area contributed by atoms with Crippen molar-refractivity contribution in [3.8, 4) is 0 Å². The van der Waals surface area contributed by atoms with Gasteiger partial charge in [0.05, 0.1) is 10.5 Å². The number of aromatic carboxylic acids is 1. The second-order valence-corrected chi connectivity index (χ2v) is 2.79. The minimum absolute atomic E-state index is 0.0301. The summed E-state index contributed by atoms with van der Waals surface area (Å²) in [6.07, 6.45) is 0. The summed E-state index contributed by atoms with van der Waals surface area (Å²) < 4.78 is 0. The lowest BCUT2D eigenvalue weighted by Gasteiger charge is -2.02.